The molecule has 2 unspecified atom stereocenters. The number of carbonyl (C=O) groups is 2. The van der Waals surface area contributed by atoms with Crippen molar-refractivity contribution in [2.75, 3.05) is 0 Å². The predicted molar refractivity (Wildman–Crippen MR) is 82.6 cm³/mol. The number of piperazine rings is 1. The normalized spacial score (nSPS) is 22.9. The number of hydrogen-bond acceptors (Lipinski definition) is 2. The van der Waals surface area contributed by atoms with Crippen LogP contribution in [0.15, 0.2) is 30.3 Å². The summed E-state index contributed by atoms with van der Waals surface area (Å²) in [5.74, 6) is 0.300. The van der Waals surface area contributed by atoms with E-state index in [4.69, 9.17) is 0 Å². The fourth-order valence-electron chi connectivity index (χ4n) is 2.88. The summed E-state index contributed by atoms with van der Waals surface area (Å²) in [6, 6.07) is 8.56. The zero-order valence-corrected chi connectivity index (χ0v) is 13.2. The highest BCUT2D eigenvalue weighted by atomic mass is 16.2. The predicted octanol–water partition coefficient (Wildman–Crippen LogP) is 2.51. The van der Waals surface area contributed by atoms with E-state index < -0.39 is 12.1 Å². The van der Waals surface area contributed by atoms with Gasteiger partial charge in [-0.05, 0) is 31.7 Å². The summed E-state index contributed by atoms with van der Waals surface area (Å²) in [7, 11) is 0. The lowest BCUT2D eigenvalue weighted by Crippen LogP contribution is -2.61. The Morgan fingerprint density at radius 1 is 1.10 bits per heavy atom. The molecule has 0 aliphatic carbocycles. The lowest BCUT2D eigenvalue weighted by atomic mass is 9.94. The minimum absolute atomic E-state index is 0.0107. The second kappa shape index (κ2) is 6.29. The van der Waals surface area contributed by atoms with Crippen LogP contribution in [0.5, 0.6) is 0 Å². The molecule has 1 aromatic rings. The Labute approximate surface area is 126 Å². The zero-order chi connectivity index (χ0) is 15.6. The zero-order valence-electron chi connectivity index (χ0n) is 13.2. The molecule has 4 heteroatoms. The van der Waals surface area contributed by atoms with E-state index in [0.717, 1.165) is 5.56 Å². The number of amides is 2. The molecule has 1 aliphatic rings. The molecular weight excluding hydrogens is 264 g/mol. The molecule has 4 nitrogen and oxygen atoms in total. The number of nitrogens with zero attached hydrogens (tertiary/aromatic N) is 1. The largest absolute Gasteiger partial charge is 0.342 e. The first-order valence-corrected chi connectivity index (χ1v) is 7.59. The second-order valence-electron chi connectivity index (χ2n) is 6.34. The highest BCUT2D eigenvalue weighted by molar-refractivity contribution is 5.97. The molecule has 2 atom stereocenters. The highest BCUT2D eigenvalue weighted by Crippen LogP contribution is 2.28. The highest BCUT2D eigenvalue weighted by Gasteiger charge is 2.42. The average Bonchev–Trinajstić information content (AvgIpc) is 2.42. The third-order valence-electron chi connectivity index (χ3n) is 3.77. The molecule has 21 heavy (non-hydrogen) atoms. The van der Waals surface area contributed by atoms with Gasteiger partial charge in [-0.25, -0.2) is 0 Å². The summed E-state index contributed by atoms with van der Waals surface area (Å²) in [5, 5.41) is 2.90. The molecule has 0 aromatic heterocycles. The van der Waals surface area contributed by atoms with Crippen molar-refractivity contribution >= 4 is 11.8 Å². The van der Waals surface area contributed by atoms with Crippen LogP contribution in [-0.2, 0) is 9.59 Å². The van der Waals surface area contributed by atoms with E-state index in [1.54, 1.807) is 4.90 Å². The van der Waals surface area contributed by atoms with Crippen LogP contribution in [0.2, 0.25) is 0 Å². The van der Waals surface area contributed by atoms with E-state index in [1.807, 2.05) is 44.2 Å². The van der Waals surface area contributed by atoms with Crippen molar-refractivity contribution in [2.45, 2.75) is 52.2 Å². The molecule has 1 heterocycles. The van der Waals surface area contributed by atoms with Gasteiger partial charge in [0.25, 0.3) is 0 Å². The minimum Gasteiger partial charge on any atom is -0.342 e. The molecular formula is C17H24N2O2. The van der Waals surface area contributed by atoms with Gasteiger partial charge in [0.05, 0.1) is 0 Å². The van der Waals surface area contributed by atoms with Crippen LogP contribution >= 0.6 is 0 Å². The number of nitrogens with one attached hydrogen (secondary N) is 1. The van der Waals surface area contributed by atoms with Crippen LogP contribution in [0.25, 0.3) is 0 Å². The quantitative estimate of drug-likeness (QED) is 0.925. The lowest BCUT2D eigenvalue weighted by molar-refractivity contribution is -0.152. The van der Waals surface area contributed by atoms with Crippen LogP contribution in [0.3, 0.4) is 0 Å². The number of hydrogen-bond donors (Lipinski definition) is 1. The number of benzene rings is 1. The van der Waals surface area contributed by atoms with Gasteiger partial charge in [0, 0.05) is 6.04 Å². The van der Waals surface area contributed by atoms with Gasteiger partial charge in [0.1, 0.15) is 12.1 Å². The Balaban J connectivity index is 2.34. The Kier molecular flexibility index (Phi) is 4.66. The molecule has 1 aromatic carbocycles. The fraction of sp³-hybridized carbons (Fsp3) is 0.529. The Hall–Kier alpha value is -1.84. The maximum Gasteiger partial charge on any atom is 0.248 e. The van der Waals surface area contributed by atoms with E-state index >= 15 is 0 Å². The molecule has 0 saturated carbocycles. The molecule has 114 valence electrons. The summed E-state index contributed by atoms with van der Waals surface area (Å²) in [4.78, 5) is 27.0. The van der Waals surface area contributed by atoms with Gasteiger partial charge in [-0.15, -0.1) is 0 Å². The van der Waals surface area contributed by atoms with Crippen molar-refractivity contribution in [3.8, 4) is 0 Å². The summed E-state index contributed by atoms with van der Waals surface area (Å²) in [6.45, 7) is 8.03. The Morgan fingerprint density at radius 2 is 1.71 bits per heavy atom. The molecule has 1 N–H and O–H groups in total. The van der Waals surface area contributed by atoms with Crippen LogP contribution in [0, 0.1) is 5.92 Å². The maximum absolute atomic E-state index is 12.7. The standard InChI is InChI=1S/C17H24N2O2/c1-11(2)10-14-17(21)19(12(3)4)15(16(20)18-14)13-8-6-5-7-9-13/h5-9,11-12,14-15H,10H2,1-4H3,(H,18,20). The number of carbonyl (C=O) groups excluding carboxylic acids is 2. The van der Waals surface area contributed by atoms with Crippen LogP contribution in [0.4, 0.5) is 0 Å². The summed E-state index contributed by atoms with van der Waals surface area (Å²) >= 11 is 0. The number of rotatable bonds is 4. The van der Waals surface area contributed by atoms with Gasteiger partial charge < -0.3 is 10.2 Å². The van der Waals surface area contributed by atoms with Crippen LogP contribution in [0.1, 0.15) is 45.7 Å². The first-order chi connectivity index (χ1) is 9.91. The van der Waals surface area contributed by atoms with Gasteiger partial charge in [-0.2, -0.15) is 0 Å². The molecule has 0 spiro atoms. The van der Waals surface area contributed by atoms with Crippen molar-refractivity contribution < 1.29 is 9.59 Å². The van der Waals surface area contributed by atoms with Gasteiger partial charge in [-0.3, -0.25) is 9.59 Å². The molecule has 0 radical (unpaired) electrons. The second-order valence-corrected chi connectivity index (χ2v) is 6.34. The lowest BCUT2D eigenvalue weighted by Gasteiger charge is -2.42. The van der Waals surface area contributed by atoms with Gasteiger partial charge in [0.15, 0.2) is 0 Å². The molecule has 0 bridgehead atoms. The third kappa shape index (κ3) is 3.26. The van der Waals surface area contributed by atoms with E-state index in [-0.39, 0.29) is 17.9 Å². The summed E-state index contributed by atoms with van der Waals surface area (Å²) in [5.41, 5.74) is 0.861. The topological polar surface area (TPSA) is 49.4 Å². The van der Waals surface area contributed by atoms with Gasteiger partial charge in [0.2, 0.25) is 11.8 Å². The van der Waals surface area contributed by atoms with Gasteiger partial charge >= 0.3 is 0 Å². The molecule has 2 amide bonds. The SMILES string of the molecule is CC(C)CC1NC(=O)C(c2ccccc2)N(C(C)C)C1=O. The van der Waals surface area contributed by atoms with Crippen molar-refractivity contribution in [1.82, 2.24) is 10.2 Å². The fourth-order valence-corrected chi connectivity index (χ4v) is 2.88. The molecule has 2 rings (SSSR count). The molecule has 1 saturated heterocycles. The Bertz CT molecular complexity index is 511. The van der Waals surface area contributed by atoms with E-state index in [2.05, 4.69) is 19.2 Å². The maximum atomic E-state index is 12.7. The summed E-state index contributed by atoms with van der Waals surface area (Å²) < 4.78 is 0. The first kappa shape index (κ1) is 15.5. The van der Waals surface area contributed by atoms with Crippen molar-refractivity contribution in [3.63, 3.8) is 0 Å². The van der Waals surface area contributed by atoms with Crippen molar-refractivity contribution in [1.29, 1.82) is 0 Å². The van der Waals surface area contributed by atoms with E-state index in [0.29, 0.717) is 12.3 Å². The average molecular weight is 288 g/mol. The van der Waals surface area contributed by atoms with E-state index in [9.17, 15) is 9.59 Å². The van der Waals surface area contributed by atoms with Crippen LogP contribution in [-0.4, -0.2) is 28.8 Å². The monoisotopic (exact) mass is 288 g/mol. The smallest absolute Gasteiger partial charge is 0.248 e. The minimum atomic E-state index is -0.526. The van der Waals surface area contributed by atoms with E-state index in [1.165, 1.54) is 0 Å². The molecule has 1 aliphatic heterocycles. The molecule has 1 fully saturated rings. The van der Waals surface area contributed by atoms with Crippen LogP contribution < -0.4 is 5.32 Å². The first-order valence-electron chi connectivity index (χ1n) is 7.59. The summed E-state index contributed by atoms with van der Waals surface area (Å²) in [6.07, 6.45) is 0.676. The Morgan fingerprint density at radius 3 is 2.24 bits per heavy atom. The third-order valence-corrected chi connectivity index (χ3v) is 3.77. The van der Waals surface area contributed by atoms with Crippen molar-refractivity contribution in [2.24, 2.45) is 5.92 Å². The van der Waals surface area contributed by atoms with Crippen molar-refractivity contribution in [3.05, 3.63) is 35.9 Å². The van der Waals surface area contributed by atoms with Gasteiger partial charge in [-0.1, -0.05) is 44.2 Å².